The van der Waals surface area contributed by atoms with Gasteiger partial charge in [0.1, 0.15) is 17.1 Å². The number of methoxy groups -OCH3 is 1. The van der Waals surface area contributed by atoms with Crippen molar-refractivity contribution in [3.8, 4) is 11.8 Å². The molecule has 1 unspecified atom stereocenters. The Hall–Kier alpha value is -5.07. The lowest BCUT2D eigenvalue weighted by Crippen LogP contribution is -2.23. The Bertz CT molecular complexity index is 1660. The molecular weight excluding hydrogens is 532 g/mol. The summed E-state index contributed by atoms with van der Waals surface area (Å²) in [5.74, 6) is 0.751. The van der Waals surface area contributed by atoms with Gasteiger partial charge < -0.3 is 19.5 Å². The third-order valence-electron chi connectivity index (χ3n) is 6.74. The number of nitrogens with zero attached hydrogens (tertiary/aromatic N) is 4. The summed E-state index contributed by atoms with van der Waals surface area (Å²) in [7, 11) is 3.56. The van der Waals surface area contributed by atoms with Gasteiger partial charge in [-0.3, -0.25) is 0 Å². The van der Waals surface area contributed by atoms with E-state index in [-0.39, 0.29) is 23.8 Å². The van der Waals surface area contributed by atoms with Crippen molar-refractivity contribution in [1.29, 1.82) is 5.26 Å². The van der Waals surface area contributed by atoms with Crippen LogP contribution in [0.15, 0.2) is 89.5 Å². The summed E-state index contributed by atoms with van der Waals surface area (Å²) >= 11 is 1.58. The summed E-state index contributed by atoms with van der Waals surface area (Å²) in [6.45, 7) is 17.7. The van der Waals surface area contributed by atoms with Crippen molar-refractivity contribution in [1.82, 2.24) is 0 Å². The second-order valence-corrected chi connectivity index (χ2v) is 10.4. The first-order valence-corrected chi connectivity index (χ1v) is 13.5. The number of ether oxygens (including phenoxy) is 2. The number of hydrogen-bond donors (Lipinski definition) is 1. The lowest BCUT2D eigenvalue weighted by molar-refractivity contribution is 0.0753. The van der Waals surface area contributed by atoms with Gasteiger partial charge in [-0.05, 0) is 55.0 Å². The van der Waals surface area contributed by atoms with E-state index in [2.05, 4.69) is 9.69 Å². The van der Waals surface area contributed by atoms with Crippen molar-refractivity contribution in [2.24, 2.45) is 0 Å². The molecule has 4 rings (SSSR count). The first-order valence-electron chi connectivity index (χ1n) is 12.7. The van der Waals surface area contributed by atoms with Gasteiger partial charge in [0.05, 0.1) is 32.9 Å². The molecule has 0 spiro atoms. The van der Waals surface area contributed by atoms with Crippen LogP contribution in [0.25, 0.3) is 27.9 Å². The molecule has 41 heavy (non-hydrogen) atoms. The molecule has 1 N–H and O–H groups in total. The first-order chi connectivity index (χ1) is 19.9. The van der Waals surface area contributed by atoms with Crippen LogP contribution in [-0.4, -0.2) is 32.4 Å². The van der Waals surface area contributed by atoms with Gasteiger partial charge in [0.2, 0.25) is 5.70 Å². The Balaban J connectivity index is 1.64. The molecule has 2 aromatic carbocycles. The molecule has 7 nitrogen and oxygen atoms in total. The van der Waals surface area contributed by atoms with Gasteiger partial charge in [-0.1, -0.05) is 36.4 Å². The summed E-state index contributed by atoms with van der Waals surface area (Å²) in [6, 6.07) is 21.3. The van der Waals surface area contributed by atoms with Crippen LogP contribution in [0.5, 0.6) is 5.75 Å². The van der Waals surface area contributed by atoms with Crippen LogP contribution >= 0.6 is 11.3 Å². The zero-order chi connectivity index (χ0) is 29.4. The fourth-order valence-electron chi connectivity index (χ4n) is 4.50. The predicted octanol–water partition coefficient (Wildman–Crippen LogP) is 7.14. The van der Waals surface area contributed by atoms with E-state index in [0.29, 0.717) is 12.1 Å². The second kappa shape index (κ2) is 12.9. The molecule has 204 valence electrons. The molecule has 8 heteroatoms. The van der Waals surface area contributed by atoms with E-state index in [0.717, 1.165) is 32.3 Å². The zero-order valence-electron chi connectivity index (χ0n) is 23.0. The third kappa shape index (κ3) is 6.08. The van der Waals surface area contributed by atoms with Crippen molar-refractivity contribution < 1.29 is 14.6 Å². The number of nitriles is 1. The maximum absolute atomic E-state index is 9.49. The van der Waals surface area contributed by atoms with Crippen LogP contribution in [0.3, 0.4) is 0 Å². The van der Waals surface area contributed by atoms with Gasteiger partial charge in [0.15, 0.2) is 0 Å². The summed E-state index contributed by atoms with van der Waals surface area (Å²) in [5, 5.41) is 18.7. The van der Waals surface area contributed by atoms with Gasteiger partial charge in [0, 0.05) is 46.2 Å². The minimum Gasteiger partial charge on any atom is -0.500 e. The van der Waals surface area contributed by atoms with Crippen LogP contribution in [0.4, 0.5) is 5.69 Å². The van der Waals surface area contributed by atoms with E-state index in [1.54, 1.807) is 18.4 Å². The summed E-state index contributed by atoms with van der Waals surface area (Å²) in [6.07, 6.45) is 7.78. The molecule has 1 aliphatic heterocycles. The zero-order valence-corrected chi connectivity index (χ0v) is 23.8. The van der Waals surface area contributed by atoms with E-state index in [1.165, 1.54) is 0 Å². The SMILES string of the molecule is [C-]#[N+]C1=C(/C=C/c2ccc(/C=C/c3ccc(N(C)CCO)cc3OC)s2)C(C)(c2ccccc2)O/C1=C(\C#N)[N+]#[C-]. The molecule has 0 saturated carbocycles. The van der Waals surface area contributed by atoms with Crippen molar-refractivity contribution in [3.05, 3.63) is 133 Å². The highest BCUT2D eigenvalue weighted by Gasteiger charge is 2.43. The fourth-order valence-corrected chi connectivity index (χ4v) is 5.32. The normalized spacial score (nSPS) is 17.7. The molecule has 1 atom stereocenters. The van der Waals surface area contributed by atoms with E-state index in [4.69, 9.17) is 22.6 Å². The number of benzene rings is 2. The molecular formula is C33H28N4O3S. The number of aliphatic hydroxyl groups excluding tert-OH is 1. The smallest absolute Gasteiger partial charge is 0.292 e. The van der Waals surface area contributed by atoms with Crippen LogP contribution in [0.1, 0.15) is 27.8 Å². The van der Waals surface area contributed by atoms with Gasteiger partial charge in [0.25, 0.3) is 5.70 Å². The molecule has 2 heterocycles. The summed E-state index contributed by atoms with van der Waals surface area (Å²) in [5.41, 5.74) is 2.18. The molecule has 0 amide bonds. The molecule has 0 bridgehead atoms. The lowest BCUT2D eigenvalue weighted by atomic mass is 9.87. The monoisotopic (exact) mass is 560 g/mol. The number of rotatable bonds is 9. The van der Waals surface area contributed by atoms with Gasteiger partial charge in [-0.2, -0.15) is 0 Å². The molecule has 0 saturated heterocycles. The van der Waals surface area contributed by atoms with Crippen LogP contribution in [0.2, 0.25) is 0 Å². The first kappa shape index (κ1) is 28.9. The Morgan fingerprint density at radius 1 is 1.10 bits per heavy atom. The van der Waals surface area contributed by atoms with Crippen molar-refractivity contribution in [2.75, 3.05) is 32.2 Å². The maximum Gasteiger partial charge on any atom is 0.292 e. The molecule has 3 aromatic rings. The minimum atomic E-state index is -1.03. The predicted molar refractivity (Wildman–Crippen MR) is 163 cm³/mol. The van der Waals surface area contributed by atoms with E-state index in [9.17, 15) is 10.4 Å². The largest absolute Gasteiger partial charge is 0.500 e. The standard InChI is InChI=1S/C33H28N4O3S/c1-33(24-9-7-6-8-10-24)28(31(36-3)32(40-33)29(22-34)35-2)18-17-27-16-15-26(41-27)14-12-23-11-13-25(21-30(23)39-5)37(4)19-20-38/h6-18,21,38H,19-20H2,1,4-5H3/b14-12+,18-17+,32-29+. The highest BCUT2D eigenvalue weighted by Crippen LogP contribution is 2.48. The van der Waals surface area contributed by atoms with Gasteiger partial charge in [-0.15, -0.1) is 11.3 Å². The van der Waals surface area contributed by atoms with Crippen molar-refractivity contribution >= 4 is 35.3 Å². The number of allylic oxidation sites excluding steroid dienone is 1. The fraction of sp³-hybridized carbons (Fsp3) is 0.182. The Morgan fingerprint density at radius 2 is 1.80 bits per heavy atom. The minimum absolute atomic E-state index is 0.0147. The molecule has 1 aromatic heterocycles. The number of hydrogen-bond acceptors (Lipinski definition) is 6. The van der Waals surface area contributed by atoms with Gasteiger partial charge in [-0.25, -0.2) is 15.0 Å². The van der Waals surface area contributed by atoms with Gasteiger partial charge >= 0.3 is 0 Å². The number of thiophene rings is 1. The number of aliphatic hydroxyl groups is 1. The average Bonchev–Trinajstić information content (AvgIpc) is 3.57. The molecule has 0 aliphatic carbocycles. The average molecular weight is 561 g/mol. The lowest BCUT2D eigenvalue weighted by Gasteiger charge is -2.28. The van der Waals surface area contributed by atoms with E-state index in [1.807, 2.05) is 110 Å². The highest BCUT2D eigenvalue weighted by atomic mass is 32.1. The van der Waals surface area contributed by atoms with Crippen molar-refractivity contribution in [2.45, 2.75) is 12.5 Å². The molecule has 0 radical (unpaired) electrons. The van der Waals surface area contributed by atoms with E-state index < -0.39 is 5.60 Å². The summed E-state index contributed by atoms with van der Waals surface area (Å²) < 4.78 is 11.8. The number of anilines is 1. The van der Waals surface area contributed by atoms with E-state index >= 15 is 0 Å². The number of likely N-dealkylation sites (N-methyl/N-ethyl adjacent to an activating group) is 1. The Kier molecular flexibility index (Phi) is 9.07. The quantitative estimate of drug-likeness (QED) is 0.222. The topological polar surface area (TPSA) is 74.4 Å². The Labute approximate surface area is 244 Å². The van der Waals surface area contributed by atoms with Crippen LogP contribution in [0, 0.1) is 24.5 Å². The Morgan fingerprint density at radius 3 is 2.41 bits per heavy atom. The van der Waals surface area contributed by atoms with Crippen LogP contribution < -0.4 is 9.64 Å². The third-order valence-corrected chi connectivity index (χ3v) is 7.76. The highest BCUT2D eigenvalue weighted by molar-refractivity contribution is 7.13. The van der Waals surface area contributed by atoms with Crippen LogP contribution in [-0.2, 0) is 10.3 Å². The maximum atomic E-state index is 9.49. The van der Waals surface area contributed by atoms with Crippen molar-refractivity contribution in [3.63, 3.8) is 0 Å². The molecule has 1 aliphatic rings. The summed E-state index contributed by atoms with van der Waals surface area (Å²) in [4.78, 5) is 10.9. The molecule has 0 fully saturated rings. The second-order valence-electron chi connectivity index (χ2n) is 9.25.